The monoisotopic (exact) mass is 255 g/mol. The number of nitrogens with zero attached hydrogens (tertiary/aromatic N) is 4. The third-order valence-corrected chi connectivity index (χ3v) is 2.59. The van der Waals surface area contributed by atoms with Gasteiger partial charge in [0, 0.05) is 0 Å². The Balaban J connectivity index is 2.40. The number of aromatic nitrogens is 2. The van der Waals surface area contributed by atoms with Gasteiger partial charge in [0.25, 0.3) is 0 Å². The van der Waals surface area contributed by atoms with Gasteiger partial charge in [-0.3, -0.25) is 4.90 Å². The van der Waals surface area contributed by atoms with E-state index in [4.69, 9.17) is 10.3 Å². The standard InChI is InChI=1S/C12H25N5O/c1-12(2,13)11-14-10(18-15-11)9-17(5)8-6-7-16(3)4/h6-9,13H2,1-5H3. The van der Waals surface area contributed by atoms with E-state index in [9.17, 15) is 0 Å². The molecule has 1 aromatic rings. The molecule has 0 fully saturated rings. The molecule has 1 heterocycles. The van der Waals surface area contributed by atoms with Gasteiger partial charge in [-0.2, -0.15) is 4.98 Å². The molecule has 1 rings (SSSR count). The Bertz CT molecular complexity index is 356. The number of hydrogen-bond donors (Lipinski definition) is 1. The summed E-state index contributed by atoms with van der Waals surface area (Å²) in [5.74, 6) is 1.18. The first-order chi connectivity index (χ1) is 8.29. The third-order valence-electron chi connectivity index (χ3n) is 2.59. The normalized spacial score (nSPS) is 12.7. The fraction of sp³-hybridized carbons (Fsp3) is 0.833. The van der Waals surface area contributed by atoms with E-state index in [0.29, 0.717) is 18.3 Å². The molecule has 1 aromatic heterocycles. The van der Waals surface area contributed by atoms with Crippen molar-refractivity contribution < 1.29 is 4.52 Å². The van der Waals surface area contributed by atoms with Crippen molar-refractivity contribution in [2.24, 2.45) is 5.73 Å². The smallest absolute Gasteiger partial charge is 0.240 e. The summed E-state index contributed by atoms with van der Waals surface area (Å²) in [6, 6.07) is 0. The molecule has 6 heteroatoms. The van der Waals surface area contributed by atoms with E-state index in [0.717, 1.165) is 19.5 Å². The highest BCUT2D eigenvalue weighted by molar-refractivity contribution is 4.98. The maximum atomic E-state index is 5.91. The molecule has 0 radical (unpaired) electrons. The minimum atomic E-state index is -0.550. The van der Waals surface area contributed by atoms with Gasteiger partial charge in [0.05, 0.1) is 12.1 Å². The Kier molecular flexibility index (Phi) is 5.25. The summed E-state index contributed by atoms with van der Waals surface area (Å²) in [6.45, 7) is 6.47. The van der Waals surface area contributed by atoms with Gasteiger partial charge in [0.2, 0.25) is 5.89 Å². The quantitative estimate of drug-likeness (QED) is 0.771. The molecule has 0 spiro atoms. The molecular formula is C12H25N5O. The van der Waals surface area contributed by atoms with Crippen LogP contribution in [-0.4, -0.2) is 54.2 Å². The van der Waals surface area contributed by atoms with Crippen LogP contribution in [0.1, 0.15) is 32.0 Å². The summed E-state index contributed by atoms with van der Waals surface area (Å²) in [4.78, 5) is 8.66. The minimum absolute atomic E-state index is 0.550. The molecule has 0 aromatic carbocycles. The highest BCUT2D eigenvalue weighted by Gasteiger charge is 2.21. The molecule has 0 bridgehead atoms. The predicted molar refractivity (Wildman–Crippen MR) is 71.0 cm³/mol. The minimum Gasteiger partial charge on any atom is -0.338 e. The van der Waals surface area contributed by atoms with Crippen molar-refractivity contribution in [1.82, 2.24) is 19.9 Å². The van der Waals surface area contributed by atoms with E-state index in [1.54, 1.807) is 0 Å². The van der Waals surface area contributed by atoms with Crippen molar-refractivity contribution in [2.45, 2.75) is 32.4 Å². The molecule has 104 valence electrons. The van der Waals surface area contributed by atoms with Crippen molar-refractivity contribution >= 4 is 0 Å². The van der Waals surface area contributed by atoms with E-state index in [2.05, 4.69) is 34.0 Å². The largest absolute Gasteiger partial charge is 0.338 e. The zero-order valence-electron chi connectivity index (χ0n) is 12.1. The Morgan fingerprint density at radius 3 is 2.39 bits per heavy atom. The molecule has 0 unspecified atom stereocenters. The SMILES string of the molecule is CN(C)CCCN(C)Cc1nc(C(C)(C)N)no1. The van der Waals surface area contributed by atoms with Gasteiger partial charge in [-0.15, -0.1) is 0 Å². The van der Waals surface area contributed by atoms with Gasteiger partial charge in [-0.1, -0.05) is 5.16 Å². The zero-order valence-corrected chi connectivity index (χ0v) is 12.1. The molecular weight excluding hydrogens is 230 g/mol. The second-order valence-corrected chi connectivity index (χ2v) is 5.63. The van der Waals surface area contributed by atoms with Crippen LogP contribution in [-0.2, 0) is 12.1 Å². The van der Waals surface area contributed by atoms with Gasteiger partial charge in [0.15, 0.2) is 5.82 Å². The molecule has 0 aliphatic carbocycles. The first-order valence-electron chi connectivity index (χ1n) is 6.24. The first kappa shape index (κ1) is 15.1. The van der Waals surface area contributed by atoms with Crippen LogP contribution in [0.2, 0.25) is 0 Å². The van der Waals surface area contributed by atoms with Crippen LogP contribution in [0.25, 0.3) is 0 Å². The summed E-state index contributed by atoms with van der Waals surface area (Å²) in [5.41, 5.74) is 5.36. The van der Waals surface area contributed by atoms with Crippen molar-refractivity contribution in [2.75, 3.05) is 34.2 Å². The van der Waals surface area contributed by atoms with Crippen molar-refractivity contribution in [3.05, 3.63) is 11.7 Å². The van der Waals surface area contributed by atoms with E-state index >= 15 is 0 Å². The molecule has 0 saturated carbocycles. The van der Waals surface area contributed by atoms with Gasteiger partial charge >= 0.3 is 0 Å². The lowest BCUT2D eigenvalue weighted by molar-refractivity contribution is 0.252. The third kappa shape index (κ3) is 5.12. The van der Waals surface area contributed by atoms with Gasteiger partial charge in [0.1, 0.15) is 0 Å². The maximum Gasteiger partial charge on any atom is 0.240 e. The van der Waals surface area contributed by atoms with E-state index < -0.39 is 5.54 Å². The molecule has 6 nitrogen and oxygen atoms in total. The van der Waals surface area contributed by atoms with E-state index in [-0.39, 0.29) is 0 Å². The van der Waals surface area contributed by atoms with Crippen LogP contribution in [0.15, 0.2) is 4.52 Å². The molecule has 2 N–H and O–H groups in total. The topological polar surface area (TPSA) is 71.4 Å². The Morgan fingerprint density at radius 1 is 1.22 bits per heavy atom. The number of hydrogen-bond acceptors (Lipinski definition) is 6. The molecule has 0 saturated heterocycles. The van der Waals surface area contributed by atoms with Crippen LogP contribution in [0.3, 0.4) is 0 Å². The van der Waals surface area contributed by atoms with Crippen molar-refractivity contribution in [3.8, 4) is 0 Å². The van der Waals surface area contributed by atoms with E-state index in [1.165, 1.54) is 0 Å². The molecule has 0 atom stereocenters. The van der Waals surface area contributed by atoms with Crippen molar-refractivity contribution in [1.29, 1.82) is 0 Å². The molecule has 0 aliphatic rings. The summed E-state index contributed by atoms with van der Waals surface area (Å²) in [6.07, 6.45) is 1.12. The van der Waals surface area contributed by atoms with Crippen LogP contribution >= 0.6 is 0 Å². The average molecular weight is 255 g/mol. The Hall–Kier alpha value is -0.980. The second kappa shape index (κ2) is 6.26. The zero-order chi connectivity index (χ0) is 13.8. The van der Waals surface area contributed by atoms with Gasteiger partial charge in [-0.25, -0.2) is 0 Å². The molecule has 0 aliphatic heterocycles. The lowest BCUT2D eigenvalue weighted by atomic mass is 10.1. The highest BCUT2D eigenvalue weighted by atomic mass is 16.5. The number of nitrogens with two attached hydrogens (primary N) is 1. The predicted octanol–water partition coefficient (Wildman–Crippen LogP) is 0.647. The van der Waals surface area contributed by atoms with Crippen LogP contribution < -0.4 is 5.73 Å². The molecule has 18 heavy (non-hydrogen) atoms. The summed E-state index contributed by atoms with van der Waals surface area (Å²) in [7, 11) is 6.20. The van der Waals surface area contributed by atoms with Crippen molar-refractivity contribution in [3.63, 3.8) is 0 Å². The number of rotatable bonds is 7. The van der Waals surface area contributed by atoms with Crippen LogP contribution in [0.4, 0.5) is 0 Å². The summed E-state index contributed by atoms with van der Waals surface area (Å²) >= 11 is 0. The second-order valence-electron chi connectivity index (χ2n) is 5.63. The average Bonchev–Trinajstić information content (AvgIpc) is 2.64. The first-order valence-corrected chi connectivity index (χ1v) is 6.24. The molecule has 0 amide bonds. The van der Waals surface area contributed by atoms with Gasteiger partial charge < -0.3 is 15.2 Å². The Labute approximate surface area is 109 Å². The Morgan fingerprint density at radius 2 is 1.89 bits per heavy atom. The lowest BCUT2D eigenvalue weighted by Gasteiger charge is -2.16. The fourth-order valence-corrected chi connectivity index (χ4v) is 1.55. The van der Waals surface area contributed by atoms with E-state index in [1.807, 2.05) is 20.9 Å². The summed E-state index contributed by atoms with van der Waals surface area (Å²) < 4.78 is 5.20. The lowest BCUT2D eigenvalue weighted by Crippen LogP contribution is -2.30. The fourth-order valence-electron chi connectivity index (χ4n) is 1.55. The van der Waals surface area contributed by atoms with Crippen LogP contribution in [0, 0.1) is 0 Å². The van der Waals surface area contributed by atoms with Gasteiger partial charge in [-0.05, 0) is 54.5 Å². The summed E-state index contributed by atoms with van der Waals surface area (Å²) in [5, 5.41) is 3.90. The highest BCUT2D eigenvalue weighted by Crippen LogP contribution is 2.13. The maximum absolute atomic E-state index is 5.91. The van der Waals surface area contributed by atoms with Crippen LogP contribution in [0.5, 0.6) is 0 Å².